The zero-order valence-electron chi connectivity index (χ0n) is 21.9. The van der Waals surface area contributed by atoms with E-state index in [1.54, 1.807) is 7.11 Å². The van der Waals surface area contributed by atoms with Crippen molar-refractivity contribution < 1.29 is 28.8 Å². The van der Waals surface area contributed by atoms with Gasteiger partial charge in [0.2, 0.25) is 0 Å². The monoisotopic (exact) mass is 502 g/mol. The van der Waals surface area contributed by atoms with Gasteiger partial charge < -0.3 is 24.1 Å². The minimum Gasteiger partial charge on any atom is -0.491 e. The zero-order chi connectivity index (χ0) is 26.2. The molecule has 1 N–H and O–H groups in total. The maximum Gasteiger partial charge on any atom is 0.304 e. The van der Waals surface area contributed by atoms with Gasteiger partial charge in [-0.1, -0.05) is 24.3 Å². The molecule has 1 fully saturated rings. The molecule has 3 aromatic carbocycles. The molecule has 0 aromatic heterocycles. The molecule has 1 aliphatic carbocycles. The first-order chi connectivity index (χ1) is 17.8. The Labute approximate surface area is 218 Å². The highest BCUT2D eigenvalue weighted by Gasteiger charge is 2.57. The predicted molar refractivity (Wildman–Crippen MR) is 142 cm³/mol. The van der Waals surface area contributed by atoms with Crippen LogP contribution in [0.4, 0.5) is 0 Å². The number of rotatable bonds is 10. The van der Waals surface area contributed by atoms with E-state index in [1.165, 1.54) is 16.7 Å². The summed E-state index contributed by atoms with van der Waals surface area (Å²) in [5.41, 5.74) is 7.66. The number of carbonyl (C=O) groups is 1. The molecule has 6 nitrogen and oxygen atoms in total. The van der Waals surface area contributed by atoms with Crippen molar-refractivity contribution in [2.45, 2.75) is 58.2 Å². The molecule has 3 aromatic rings. The summed E-state index contributed by atoms with van der Waals surface area (Å²) < 4.78 is 23.3. The second-order valence-corrected chi connectivity index (χ2v) is 10.2. The highest BCUT2D eigenvalue weighted by Crippen LogP contribution is 2.59. The van der Waals surface area contributed by atoms with Crippen LogP contribution in [0.25, 0.3) is 11.1 Å². The average Bonchev–Trinajstić information content (AvgIpc) is 3.56. The van der Waals surface area contributed by atoms with Gasteiger partial charge in [-0.05, 0) is 85.2 Å². The number of aryl methyl sites for hydroxylation is 2. The lowest BCUT2D eigenvalue weighted by Crippen LogP contribution is -2.22. The number of carboxylic acids is 1. The Kier molecular flexibility index (Phi) is 6.86. The normalized spacial score (nSPS) is 16.8. The molecule has 0 bridgehead atoms. The Morgan fingerprint density at radius 1 is 1.00 bits per heavy atom. The molecular formula is C31H34O6. The van der Waals surface area contributed by atoms with Gasteiger partial charge in [-0.15, -0.1) is 0 Å². The van der Waals surface area contributed by atoms with E-state index in [9.17, 15) is 9.90 Å². The molecule has 0 unspecified atom stereocenters. The third kappa shape index (κ3) is 5.03. The summed E-state index contributed by atoms with van der Waals surface area (Å²) in [6.45, 7) is 7.87. The number of fused-ring (bicyclic) bond motifs is 1. The minimum absolute atomic E-state index is 0.0868. The zero-order valence-corrected chi connectivity index (χ0v) is 21.9. The van der Waals surface area contributed by atoms with Crippen molar-refractivity contribution in [1.29, 1.82) is 0 Å². The summed E-state index contributed by atoms with van der Waals surface area (Å²) in [7, 11) is 1.67. The van der Waals surface area contributed by atoms with Crippen LogP contribution in [0.15, 0.2) is 48.5 Å². The van der Waals surface area contributed by atoms with Crippen molar-refractivity contribution in [2.24, 2.45) is 0 Å². The third-order valence-corrected chi connectivity index (χ3v) is 7.60. The first-order valence-electron chi connectivity index (χ1n) is 12.8. The van der Waals surface area contributed by atoms with Crippen molar-refractivity contribution in [3.63, 3.8) is 0 Å². The molecule has 5 rings (SSSR count). The summed E-state index contributed by atoms with van der Waals surface area (Å²) in [5.74, 6) is 1.45. The molecule has 1 spiro atoms. The lowest BCUT2D eigenvalue weighted by molar-refractivity contribution is -0.138. The summed E-state index contributed by atoms with van der Waals surface area (Å²) in [5, 5.41) is 9.36. The van der Waals surface area contributed by atoms with Crippen molar-refractivity contribution in [3.05, 3.63) is 76.3 Å². The molecule has 37 heavy (non-hydrogen) atoms. The van der Waals surface area contributed by atoms with Gasteiger partial charge in [-0.3, -0.25) is 4.79 Å². The Hall–Kier alpha value is -3.51. The van der Waals surface area contributed by atoms with Crippen LogP contribution in [0, 0.1) is 20.8 Å². The number of methoxy groups -OCH3 is 1. The Morgan fingerprint density at radius 3 is 2.43 bits per heavy atom. The maximum atomic E-state index is 11.4. The van der Waals surface area contributed by atoms with Crippen LogP contribution in [-0.2, 0) is 16.1 Å². The van der Waals surface area contributed by atoms with Crippen LogP contribution in [0.2, 0.25) is 0 Å². The predicted octanol–water partition coefficient (Wildman–Crippen LogP) is 6.37. The third-order valence-electron chi connectivity index (χ3n) is 7.60. The van der Waals surface area contributed by atoms with Gasteiger partial charge in [0.1, 0.15) is 36.1 Å². The standard InChI is InChI=1S/C31H34O6/c1-19-14-24(35-13-12-34-4)15-20(2)30(19)25-7-5-6-22(21(25)3)18-36-23-8-9-26-27(17-29(32)33)31(10-11-31)37-28(26)16-23/h5-9,14-16,27H,10-13,17-18H2,1-4H3,(H,32,33)/t27-/m1/s1. The second kappa shape index (κ2) is 10.1. The summed E-state index contributed by atoms with van der Waals surface area (Å²) >= 11 is 0. The van der Waals surface area contributed by atoms with Crippen LogP contribution in [0.5, 0.6) is 17.2 Å². The van der Waals surface area contributed by atoms with E-state index in [0.29, 0.717) is 19.8 Å². The van der Waals surface area contributed by atoms with Gasteiger partial charge in [-0.2, -0.15) is 0 Å². The number of aliphatic carboxylic acids is 1. The van der Waals surface area contributed by atoms with Crippen molar-refractivity contribution >= 4 is 5.97 Å². The van der Waals surface area contributed by atoms with E-state index in [1.807, 2.05) is 18.2 Å². The van der Waals surface area contributed by atoms with Crippen molar-refractivity contribution in [3.8, 4) is 28.4 Å². The molecule has 194 valence electrons. The fourth-order valence-electron chi connectivity index (χ4n) is 5.55. The molecule has 6 heteroatoms. The Bertz CT molecular complexity index is 1300. The van der Waals surface area contributed by atoms with Gasteiger partial charge in [0, 0.05) is 24.7 Å². The molecule has 1 atom stereocenters. The highest BCUT2D eigenvalue weighted by atomic mass is 16.5. The number of ether oxygens (including phenoxy) is 4. The molecule has 1 heterocycles. The van der Waals surface area contributed by atoms with Crippen LogP contribution in [-0.4, -0.2) is 37.0 Å². The molecule has 2 aliphatic rings. The van der Waals surface area contributed by atoms with Crippen molar-refractivity contribution in [1.82, 2.24) is 0 Å². The van der Waals surface area contributed by atoms with E-state index in [-0.39, 0.29) is 17.9 Å². The number of carboxylic acid groups (broad SMARTS) is 1. The van der Waals surface area contributed by atoms with E-state index in [4.69, 9.17) is 18.9 Å². The van der Waals surface area contributed by atoms with Crippen LogP contribution >= 0.6 is 0 Å². The van der Waals surface area contributed by atoms with Gasteiger partial charge in [0.25, 0.3) is 0 Å². The Morgan fingerprint density at radius 2 is 1.76 bits per heavy atom. The van der Waals surface area contributed by atoms with Crippen LogP contribution in [0.1, 0.15) is 53.0 Å². The van der Waals surface area contributed by atoms with Crippen LogP contribution in [0.3, 0.4) is 0 Å². The number of hydrogen-bond donors (Lipinski definition) is 1. The molecule has 0 saturated heterocycles. The highest BCUT2D eigenvalue weighted by molar-refractivity contribution is 5.75. The minimum atomic E-state index is -0.790. The number of benzene rings is 3. The fraction of sp³-hybridized carbons (Fsp3) is 0.387. The van der Waals surface area contributed by atoms with E-state index < -0.39 is 5.97 Å². The SMILES string of the molecule is COCCOc1cc(C)c(-c2cccc(COc3ccc4c(c3)OC3(CC3)[C@@H]4CC(=O)O)c2C)c(C)c1. The first kappa shape index (κ1) is 25.2. The van der Waals surface area contributed by atoms with Gasteiger partial charge >= 0.3 is 5.97 Å². The van der Waals surface area contributed by atoms with Crippen LogP contribution < -0.4 is 14.2 Å². The van der Waals surface area contributed by atoms with Gasteiger partial charge in [-0.25, -0.2) is 0 Å². The largest absolute Gasteiger partial charge is 0.491 e. The van der Waals surface area contributed by atoms with E-state index in [0.717, 1.165) is 52.3 Å². The average molecular weight is 503 g/mol. The molecule has 1 saturated carbocycles. The molecule has 0 radical (unpaired) electrons. The lowest BCUT2D eigenvalue weighted by Gasteiger charge is -2.18. The smallest absolute Gasteiger partial charge is 0.304 e. The fourth-order valence-corrected chi connectivity index (χ4v) is 5.55. The summed E-state index contributed by atoms with van der Waals surface area (Å²) in [4.78, 5) is 11.4. The molecule has 0 amide bonds. The van der Waals surface area contributed by atoms with E-state index >= 15 is 0 Å². The maximum absolute atomic E-state index is 11.4. The van der Waals surface area contributed by atoms with Gasteiger partial charge in [0.05, 0.1) is 13.0 Å². The number of hydrogen-bond acceptors (Lipinski definition) is 5. The first-order valence-corrected chi connectivity index (χ1v) is 12.8. The second-order valence-electron chi connectivity index (χ2n) is 10.2. The molecular weight excluding hydrogens is 468 g/mol. The Balaban J connectivity index is 1.33. The topological polar surface area (TPSA) is 74.2 Å². The summed E-state index contributed by atoms with van der Waals surface area (Å²) in [6, 6.07) is 16.3. The summed E-state index contributed by atoms with van der Waals surface area (Å²) in [6.07, 6.45) is 1.90. The van der Waals surface area contributed by atoms with Gasteiger partial charge in [0.15, 0.2) is 0 Å². The van der Waals surface area contributed by atoms with E-state index in [2.05, 4.69) is 51.1 Å². The molecule has 1 aliphatic heterocycles. The quantitative estimate of drug-likeness (QED) is 0.325. The van der Waals surface area contributed by atoms with Crippen molar-refractivity contribution in [2.75, 3.05) is 20.3 Å². The lowest BCUT2D eigenvalue weighted by atomic mass is 9.90.